The number of nitrogens with zero attached hydrogens (tertiary/aromatic N) is 1. The molecule has 2 heterocycles. The fraction of sp³-hybridized carbons (Fsp3) is 0. The number of halogens is 4. The largest absolute Gasteiger partial charge is 0.507 e. The average molecular weight is 670 g/mol. The van der Waals surface area contributed by atoms with E-state index in [4.69, 9.17) is 46.4 Å². The first-order valence-corrected chi connectivity index (χ1v) is 15.2. The van der Waals surface area contributed by atoms with E-state index in [1.807, 2.05) is 0 Å². The van der Waals surface area contributed by atoms with E-state index >= 15 is 0 Å². The van der Waals surface area contributed by atoms with Crippen molar-refractivity contribution in [1.29, 1.82) is 0 Å². The summed E-state index contributed by atoms with van der Waals surface area (Å²) in [5.41, 5.74) is -1.93. The molecule has 0 bridgehead atoms. The van der Waals surface area contributed by atoms with Crippen molar-refractivity contribution in [3.8, 4) is 17.2 Å². The summed E-state index contributed by atoms with van der Waals surface area (Å²) >= 11 is 25.0. The lowest BCUT2D eigenvalue weighted by atomic mass is 10.1. The van der Waals surface area contributed by atoms with E-state index in [0.29, 0.717) is 12.1 Å². The molecule has 0 fully saturated rings. The molecular weight excluding hydrogens is 656 g/mol. The van der Waals surface area contributed by atoms with Crippen molar-refractivity contribution in [3.05, 3.63) is 85.3 Å². The minimum Gasteiger partial charge on any atom is -0.507 e. The van der Waals surface area contributed by atoms with Crippen molar-refractivity contribution in [2.45, 2.75) is 0 Å². The van der Waals surface area contributed by atoms with Crippen molar-refractivity contribution in [2.75, 3.05) is 0 Å². The Hall–Kier alpha value is -2.60. The number of hydrogen-bond acceptors (Lipinski definition) is 6. The number of aromatic hydroxyl groups is 2. The predicted octanol–water partition coefficient (Wildman–Crippen LogP) is 3.90. The molecule has 0 saturated carbocycles. The lowest BCUT2D eigenvalue weighted by molar-refractivity contribution is 0.101. The van der Waals surface area contributed by atoms with Crippen molar-refractivity contribution >= 4 is 83.8 Å². The molecule has 0 aliphatic rings. The molecule has 0 aliphatic heterocycles. The van der Waals surface area contributed by atoms with Crippen LogP contribution in [0.15, 0.2) is 42.5 Å². The van der Waals surface area contributed by atoms with E-state index in [1.54, 1.807) is 0 Å². The Balaban J connectivity index is 1.90. The number of aromatic nitrogens is 2. The van der Waals surface area contributed by atoms with Crippen molar-refractivity contribution in [2.24, 2.45) is 0 Å². The summed E-state index contributed by atoms with van der Waals surface area (Å²) in [6, 6.07) is 6.28. The van der Waals surface area contributed by atoms with Crippen LogP contribution in [0.4, 0.5) is 0 Å². The first-order chi connectivity index (χ1) is 18.4. The zero-order valence-electron chi connectivity index (χ0n) is 19.2. The molecule has 4 rings (SSSR count). The smallest absolute Gasteiger partial charge is 0.356 e. The molecule has 4 aromatic rings. The van der Waals surface area contributed by atoms with Crippen LogP contribution in [-0.2, 0) is 9.13 Å². The first kappa shape index (κ1) is 30.4. The summed E-state index contributed by atoms with van der Waals surface area (Å²) in [5, 5.41) is 18.5. The zero-order chi connectivity index (χ0) is 29.9. The molecule has 210 valence electrons. The van der Waals surface area contributed by atoms with Gasteiger partial charge >= 0.3 is 15.2 Å². The van der Waals surface area contributed by atoms with Gasteiger partial charge in [-0.25, -0.2) is 0 Å². The van der Waals surface area contributed by atoms with Crippen LogP contribution in [-0.4, -0.2) is 50.9 Å². The number of benzene rings is 2. The average Bonchev–Trinajstić information content (AvgIpc) is 3.31. The SMILES string of the molecule is O=C(c1ccc(P(=O)(O)O)cc1O)c1[nH]c(Cl)c(Cl)c1-n1c(C(=O)c2ccc(P(=O)(O)O)cc2O)cc(Cl)c1Cl. The molecule has 0 atom stereocenters. The summed E-state index contributed by atoms with van der Waals surface area (Å²) in [4.78, 5) is 66.8. The third-order valence-corrected chi connectivity index (χ3v) is 8.99. The standard InChI is InChI=1S/C22H14Cl4N2O10P2/c23-12-7-13(19(31)10-3-1-8(5-14(10)29)39(33,34)35)28(22(12)26)18-16(24)21(25)27-17(18)20(32)11-4-2-9(6-15(11)30)40(36,37)38/h1-7,27,29-30H,(H2,33,34,35)(H2,36,37,38). The van der Waals surface area contributed by atoms with E-state index < -0.39 is 65.7 Å². The molecule has 0 amide bonds. The van der Waals surface area contributed by atoms with Crippen LogP contribution in [0.1, 0.15) is 32.1 Å². The highest BCUT2D eigenvalue weighted by Crippen LogP contribution is 2.41. The summed E-state index contributed by atoms with van der Waals surface area (Å²) in [6.45, 7) is 0. The molecule has 2 aromatic carbocycles. The molecule has 7 N–H and O–H groups in total. The van der Waals surface area contributed by atoms with Crippen LogP contribution >= 0.6 is 61.6 Å². The minimum absolute atomic E-state index is 0.197. The molecule has 0 radical (unpaired) electrons. The Kier molecular flexibility index (Phi) is 8.09. The normalized spacial score (nSPS) is 12.1. The zero-order valence-corrected chi connectivity index (χ0v) is 24.0. The maximum atomic E-state index is 13.5. The molecule has 12 nitrogen and oxygen atoms in total. The highest BCUT2D eigenvalue weighted by atomic mass is 35.5. The second-order valence-corrected chi connectivity index (χ2v) is 12.9. The quantitative estimate of drug-likeness (QED) is 0.111. The Morgan fingerprint density at radius 3 is 1.68 bits per heavy atom. The monoisotopic (exact) mass is 668 g/mol. The number of ketones is 2. The van der Waals surface area contributed by atoms with E-state index in [2.05, 4.69) is 4.98 Å². The van der Waals surface area contributed by atoms with Crippen molar-refractivity contribution < 1.29 is 48.5 Å². The molecule has 0 aliphatic carbocycles. The number of hydrogen-bond donors (Lipinski definition) is 7. The number of phenols is 2. The highest BCUT2D eigenvalue weighted by molar-refractivity contribution is 7.60. The third-order valence-electron chi connectivity index (χ3n) is 5.58. The van der Waals surface area contributed by atoms with E-state index in [9.17, 15) is 48.5 Å². The summed E-state index contributed by atoms with van der Waals surface area (Å²) < 4.78 is 24.0. The number of nitrogens with one attached hydrogen (secondary N) is 1. The van der Waals surface area contributed by atoms with E-state index in [-0.39, 0.29) is 31.7 Å². The topological polar surface area (TPSA) is 210 Å². The Labute approximate surface area is 243 Å². The number of H-pyrrole nitrogens is 1. The van der Waals surface area contributed by atoms with Crippen molar-refractivity contribution in [1.82, 2.24) is 9.55 Å². The highest BCUT2D eigenvalue weighted by Gasteiger charge is 2.32. The van der Waals surface area contributed by atoms with Crippen LogP contribution in [0.2, 0.25) is 20.4 Å². The van der Waals surface area contributed by atoms with E-state index in [0.717, 1.165) is 34.9 Å². The summed E-state index contributed by atoms with van der Waals surface area (Å²) in [7, 11) is -9.51. The lowest BCUT2D eigenvalue weighted by Gasteiger charge is -2.13. The van der Waals surface area contributed by atoms with Crippen LogP contribution in [0.3, 0.4) is 0 Å². The number of carbonyl (C=O) groups is 2. The van der Waals surface area contributed by atoms with Crippen LogP contribution in [0.25, 0.3) is 5.69 Å². The van der Waals surface area contributed by atoms with Crippen molar-refractivity contribution in [3.63, 3.8) is 0 Å². The van der Waals surface area contributed by atoms with Crippen LogP contribution in [0, 0.1) is 0 Å². The number of aromatic amines is 1. The number of rotatable bonds is 7. The fourth-order valence-corrected chi connectivity index (χ4v) is 5.66. The van der Waals surface area contributed by atoms with Gasteiger partial charge in [-0.15, -0.1) is 0 Å². The summed E-state index contributed by atoms with van der Waals surface area (Å²) in [5.74, 6) is -3.51. The number of carbonyl (C=O) groups excluding carboxylic acids is 2. The Morgan fingerprint density at radius 1 is 0.750 bits per heavy atom. The molecular formula is C22H14Cl4N2O10P2. The van der Waals surface area contributed by atoms with Gasteiger partial charge in [-0.05, 0) is 42.5 Å². The molecule has 0 spiro atoms. The Morgan fingerprint density at radius 2 is 1.23 bits per heavy atom. The fourth-order valence-electron chi connectivity index (χ4n) is 3.71. The molecule has 0 saturated heterocycles. The maximum Gasteiger partial charge on any atom is 0.356 e. The van der Waals surface area contributed by atoms with Crippen LogP contribution < -0.4 is 10.6 Å². The van der Waals surface area contributed by atoms with Gasteiger partial charge in [-0.1, -0.05) is 46.4 Å². The number of phenolic OH excluding ortho intramolecular Hbond substituents is 2. The molecule has 40 heavy (non-hydrogen) atoms. The minimum atomic E-state index is -4.75. The van der Waals surface area contributed by atoms with Gasteiger partial charge in [0.2, 0.25) is 11.6 Å². The lowest BCUT2D eigenvalue weighted by Crippen LogP contribution is -2.14. The van der Waals surface area contributed by atoms with Gasteiger partial charge in [-0.3, -0.25) is 23.3 Å². The Bertz CT molecular complexity index is 1690. The third kappa shape index (κ3) is 5.48. The predicted molar refractivity (Wildman–Crippen MR) is 147 cm³/mol. The van der Waals surface area contributed by atoms with Crippen LogP contribution in [0.5, 0.6) is 11.5 Å². The van der Waals surface area contributed by atoms with Gasteiger partial charge in [-0.2, -0.15) is 0 Å². The van der Waals surface area contributed by atoms with Gasteiger partial charge in [0.25, 0.3) is 0 Å². The molecule has 0 unspecified atom stereocenters. The maximum absolute atomic E-state index is 13.5. The van der Waals surface area contributed by atoms with Gasteiger partial charge in [0.15, 0.2) is 0 Å². The second kappa shape index (κ2) is 10.7. The van der Waals surface area contributed by atoms with Gasteiger partial charge in [0.1, 0.15) is 32.5 Å². The summed E-state index contributed by atoms with van der Waals surface area (Å²) in [6.07, 6.45) is 0. The van der Waals surface area contributed by atoms with Gasteiger partial charge in [0, 0.05) is 0 Å². The molecule has 2 aromatic heterocycles. The van der Waals surface area contributed by atoms with Gasteiger partial charge < -0.3 is 34.8 Å². The second-order valence-electron chi connectivity index (χ2n) is 8.13. The first-order valence-electron chi connectivity index (χ1n) is 10.4. The van der Waals surface area contributed by atoms with Gasteiger partial charge in [0.05, 0.1) is 38.1 Å². The van der Waals surface area contributed by atoms with E-state index in [1.165, 1.54) is 0 Å². The molecule has 18 heteroatoms.